The minimum atomic E-state index is 0.0278. The van der Waals surface area contributed by atoms with Gasteiger partial charge in [-0.1, -0.05) is 11.8 Å². The molecule has 5 heteroatoms. The van der Waals surface area contributed by atoms with Crippen LogP contribution in [0, 0.1) is 5.41 Å². The van der Waals surface area contributed by atoms with E-state index < -0.39 is 0 Å². The molecule has 0 aromatic heterocycles. The lowest BCUT2D eigenvalue weighted by Gasteiger charge is -2.03. The van der Waals surface area contributed by atoms with Crippen molar-refractivity contribution >= 4 is 30.8 Å². The molecule has 0 unspecified atom stereocenters. The Balaban J connectivity index is 2.70. The van der Waals surface area contributed by atoms with Crippen LogP contribution in [0.25, 0.3) is 0 Å². The van der Waals surface area contributed by atoms with E-state index in [2.05, 4.69) is 0 Å². The summed E-state index contributed by atoms with van der Waals surface area (Å²) < 4.78 is 0. The highest BCUT2D eigenvalue weighted by Gasteiger charge is 2.21. The molecule has 1 N–H and O–H groups in total. The first-order valence-electron chi connectivity index (χ1n) is 2.19. The van der Waals surface area contributed by atoms with Crippen LogP contribution in [0.3, 0.4) is 0 Å². The van der Waals surface area contributed by atoms with Crippen LogP contribution in [-0.2, 0) is 4.79 Å². The van der Waals surface area contributed by atoms with Gasteiger partial charge in [-0.05, 0) is 0 Å². The number of amidine groups is 1. The van der Waals surface area contributed by atoms with Crippen LogP contribution in [0.15, 0.2) is 0 Å². The largest absolute Gasteiger partial charge is 0.345 e. The lowest BCUT2D eigenvalue weighted by molar-refractivity contribution is -0.120. The monoisotopic (exact) mass is 128 g/mol. The molecule has 8 heavy (non-hydrogen) atoms. The van der Waals surface area contributed by atoms with Gasteiger partial charge in [-0.25, -0.2) is 0 Å². The number of nitrogens with one attached hydrogen (secondary N) is 1. The first-order chi connectivity index (χ1) is 3.72. The Labute approximate surface area is 52.4 Å². The van der Waals surface area contributed by atoms with Gasteiger partial charge >= 0.3 is 0 Å². The number of rotatable bonds is 0. The fourth-order valence-electron chi connectivity index (χ4n) is 0.437. The summed E-state index contributed by atoms with van der Waals surface area (Å²) in [6, 6.07) is 0. The zero-order valence-electron chi connectivity index (χ0n) is 4.47. The first-order valence-corrected chi connectivity index (χ1v) is 3.18. The van der Waals surface area contributed by atoms with Gasteiger partial charge in [-0.15, -0.1) is 0 Å². The van der Waals surface area contributed by atoms with Crippen LogP contribution in [0.2, 0.25) is 0 Å². The van der Waals surface area contributed by atoms with Gasteiger partial charge in [0.25, 0.3) is 0 Å². The summed E-state index contributed by atoms with van der Waals surface area (Å²) in [7, 11) is 1.62. The maximum absolute atomic E-state index is 10.5. The lowest BCUT2D eigenvalue weighted by atomic mass is 10.3. The molecule has 3 nitrogen and oxygen atoms in total. The first kappa shape index (κ1) is 5.69. The lowest BCUT2D eigenvalue weighted by Crippen LogP contribution is -2.25. The molecule has 0 atom stereocenters. The topological polar surface area (TPSA) is 44.2 Å². The van der Waals surface area contributed by atoms with E-state index in [4.69, 9.17) is 5.41 Å². The van der Waals surface area contributed by atoms with Crippen LogP contribution in [0.4, 0.5) is 0 Å². The number of hydrogen-bond donors (Lipinski definition) is 1. The molecular weight excluding hydrogens is 123 g/mol. The maximum atomic E-state index is 10.5. The zero-order valence-corrected chi connectivity index (χ0v) is 5.29. The highest BCUT2D eigenvalue weighted by atomic mass is 32.2. The fourth-order valence-corrected chi connectivity index (χ4v) is 1.19. The molecule has 0 bridgehead atoms. The summed E-state index contributed by atoms with van der Waals surface area (Å²) in [6.07, 6.45) is 0. The summed E-state index contributed by atoms with van der Waals surface area (Å²) in [5, 5.41) is 7.41. The normalized spacial score (nSPS) is 20.2. The second-order valence-corrected chi connectivity index (χ2v) is 2.51. The fraction of sp³-hybridized carbons (Fsp3) is 0.333. The standard InChI is InChI=1S/C3H5BN2OS/c4-6-2(7)1-8-3(6)5/h5H,1,4H2. The molecule has 1 aliphatic heterocycles. The third-order valence-electron chi connectivity index (χ3n) is 1.01. The Bertz CT molecular complexity index is 132. The number of carbonyl (C=O) groups excluding carboxylic acids is 1. The minimum Gasteiger partial charge on any atom is -0.345 e. The van der Waals surface area contributed by atoms with E-state index in [0.717, 1.165) is 0 Å². The van der Waals surface area contributed by atoms with Gasteiger partial charge in [-0.2, -0.15) is 0 Å². The molecule has 42 valence electrons. The molecule has 1 saturated heterocycles. The molecule has 1 aliphatic rings. The third kappa shape index (κ3) is 0.731. The summed E-state index contributed by atoms with van der Waals surface area (Å²) in [4.78, 5) is 11.9. The van der Waals surface area contributed by atoms with Crippen molar-refractivity contribution in [1.29, 1.82) is 5.41 Å². The number of hydrogen-bond acceptors (Lipinski definition) is 3. The molecule has 0 aliphatic carbocycles. The summed E-state index contributed by atoms with van der Waals surface area (Å²) in [6.45, 7) is 0. The quantitative estimate of drug-likeness (QED) is 0.427. The smallest absolute Gasteiger partial charge is 0.230 e. The Kier molecular flexibility index (Phi) is 1.29. The summed E-state index contributed by atoms with van der Waals surface area (Å²) >= 11 is 1.27. The number of carbonyl (C=O) groups is 1. The van der Waals surface area contributed by atoms with Gasteiger partial charge in [0.1, 0.15) is 0 Å². The van der Waals surface area contributed by atoms with Crippen LogP contribution in [0.5, 0.6) is 0 Å². The van der Waals surface area contributed by atoms with Crippen molar-refractivity contribution in [2.75, 3.05) is 5.75 Å². The van der Waals surface area contributed by atoms with E-state index in [1.807, 2.05) is 0 Å². The average Bonchev–Trinajstić information content (AvgIpc) is 1.98. The second-order valence-electron chi connectivity index (χ2n) is 1.55. The number of amides is 1. The molecule has 0 radical (unpaired) electrons. The van der Waals surface area contributed by atoms with Crippen LogP contribution >= 0.6 is 11.8 Å². The number of nitrogens with zero attached hydrogens (tertiary/aromatic N) is 1. The van der Waals surface area contributed by atoms with Crippen molar-refractivity contribution in [3.63, 3.8) is 0 Å². The van der Waals surface area contributed by atoms with Gasteiger partial charge in [0, 0.05) is 0 Å². The van der Waals surface area contributed by atoms with Crippen molar-refractivity contribution < 1.29 is 4.79 Å². The van der Waals surface area contributed by atoms with Crippen molar-refractivity contribution in [3.05, 3.63) is 0 Å². The molecule has 0 aromatic rings. The Hall–Kier alpha value is -0.445. The molecule has 0 spiro atoms. The Morgan fingerprint density at radius 1 is 1.88 bits per heavy atom. The van der Waals surface area contributed by atoms with Crippen LogP contribution in [0.1, 0.15) is 0 Å². The molecule has 1 amide bonds. The van der Waals surface area contributed by atoms with E-state index in [1.165, 1.54) is 16.6 Å². The molecule has 1 heterocycles. The second kappa shape index (κ2) is 1.82. The molecule has 1 fully saturated rings. The van der Waals surface area contributed by atoms with Gasteiger partial charge in [0.05, 0.1) is 5.75 Å². The van der Waals surface area contributed by atoms with Gasteiger partial charge in [0.15, 0.2) is 5.17 Å². The van der Waals surface area contributed by atoms with Crippen molar-refractivity contribution in [2.24, 2.45) is 0 Å². The van der Waals surface area contributed by atoms with Crippen LogP contribution < -0.4 is 0 Å². The van der Waals surface area contributed by atoms with E-state index >= 15 is 0 Å². The van der Waals surface area contributed by atoms with Gasteiger partial charge < -0.3 is 4.81 Å². The van der Waals surface area contributed by atoms with Crippen molar-refractivity contribution in [1.82, 2.24) is 4.81 Å². The van der Waals surface area contributed by atoms with E-state index in [-0.39, 0.29) is 5.91 Å². The third-order valence-corrected chi connectivity index (χ3v) is 1.95. The molecule has 1 rings (SSSR count). The highest BCUT2D eigenvalue weighted by Crippen LogP contribution is 2.13. The molecular formula is C3H5BN2OS. The van der Waals surface area contributed by atoms with Crippen molar-refractivity contribution in [3.8, 4) is 0 Å². The number of thioether (sulfide) groups is 1. The molecule has 0 aromatic carbocycles. The summed E-state index contributed by atoms with van der Waals surface area (Å²) in [5.41, 5.74) is 0. The molecule has 0 saturated carbocycles. The predicted molar refractivity (Wildman–Crippen MR) is 35.6 cm³/mol. The zero-order chi connectivity index (χ0) is 6.15. The predicted octanol–water partition coefficient (Wildman–Crippen LogP) is -0.955. The van der Waals surface area contributed by atoms with E-state index in [1.54, 1.807) is 7.98 Å². The van der Waals surface area contributed by atoms with Crippen molar-refractivity contribution in [2.45, 2.75) is 0 Å². The highest BCUT2D eigenvalue weighted by molar-refractivity contribution is 8.15. The Morgan fingerprint density at radius 3 is 2.62 bits per heavy atom. The maximum Gasteiger partial charge on any atom is 0.230 e. The average molecular weight is 128 g/mol. The Morgan fingerprint density at radius 2 is 2.50 bits per heavy atom. The SMILES string of the molecule is BN1C(=N)SCC1=O. The summed E-state index contributed by atoms with van der Waals surface area (Å²) in [5.74, 6) is 0.468. The van der Waals surface area contributed by atoms with Gasteiger partial charge in [-0.3, -0.25) is 10.2 Å². The van der Waals surface area contributed by atoms with E-state index in [9.17, 15) is 4.79 Å². The van der Waals surface area contributed by atoms with Crippen LogP contribution in [-0.4, -0.2) is 29.6 Å². The van der Waals surface area contributed by atoms with E-state index in [0.29, 0.717) is 10.9 Å². The van der Waals surface area contributed by atoms with Gasteiger partial charge in [0.2, 0.25) is 13.9 Å². The minimum absolute atomic E-state index is 0.0278.